The summed E-state index contributed by atoms with van der Waals surface area (Å²) < 4.78 is 24.1. The van der Waals surface area contributed by atoms with Gasteiger partial charge in [0.15, 0.2) is 0 Å². The fourth-order valence-electron chi connectivity index (χ4n) is 3.10. The van der Waals surface area contributed by atoms with E-state index in [4.69, 9.17) is 5.14 Å². The van der Waals surface area contributed by atoms with Crippen molar-refractivity contribution in [3.05, 3.63) is 54.1 Å². The highest BCUT2D eigenvalue weighted by molar-refractivity contribution is 7.89. The molecule has 2 N–H and O–H groups in total. The maximum absolute atomic E-state index is 13.1. The fraction of sp³-hybridized carbons (Fsp3) is 0.278. The number of hydrogen-bond donors (Lipinski definition) is 1. The molecule has 0 atom stereocenters. The lowest BCUT2D eigenvalue weighted by molar-refractivity contribution is 0.0721. The predicted molar refractivity (Wildman–Crippen MR) is 93.0 cm³/mol. The zero-order chi connectivity index (χ0) is 17.2. The largest absolute Gasteiger partial charge is 0.339 e. The Morgan fingerprint density at radius 1 is 0.917 bits per heavy atom. The molecule has 1 aliphatic heterocycles. The van der Waals surface area contributed by atoms with E-state index >= 15 is 0 Å². The van der Waals surface area contributed by atoms with Crippen LogP contribution in [-0.4, -0.2) is 32.3 Å². The maximum Gasteiger partial charge on any atom is 0.255 e. The Balaban J connectivity index is 2.18. The second-order valence-electron chi connectivity index (χ2n) is 5.94. The Hall–Kier alpha value is -2.18. The quantitative estimate of drug-likeness (QED) is 0.929. The van der Waals surface area contributed by atoms with Crippen LogP contribution in [0.3, 0.4) is 0 Å². The van der Waals surface area contributed by atoms with E-state index in [0.717, 1.165) is 24.8 Å². The van der Waals surface area contributed by atoms with Gasteiger partial charge in [-0.3, -0.25) is 4.79 Å². The van der Waals surface area contributed by atoms with E-state index in [2.05, 4.69) is 0 Å². The standard InChI is InChI=1S/C18H20N2O3S/c19-24(22,23)16-11-7-10-15(14-8-3-1-4-9-14)17(16)18(21)20-12-5-2-6-13-20/h1,3-4,7-11H,2,5-6,12-13H2,(H2,19,22,23). The monoisotopic (exact) mass is 344 g/mol. The van der Waals surface area contributed by atoms with Crippen molar-refractivity contribution in [3.63, 3.8) is 0 Å². The lowest BCUT2D eigenvalue weighted by Crippen LogP contribution is -2.37. The van der Waals surface area contributed by atoms with Crippen molar-refractivity contribution in [3.8, 4) is 11.1 Å². The average molecular weight is 344 g/mol. The van der Waals surface area contributed by atoms with E-state index in [0.29, 0.717) is 18.7 Å². The number of piperidine rings is 1. The van der Waals surface area contributed by atoms with E-state index in [1.165, 1.54) is 6.07 Å². The van der Waals surface area contributed by atoms with Gasteiger partial charge in [-0.2, -0.15) is 0 Å². The molecule has 0 unspecified atom stereocenters. The molecule has 1 aliphatic rings. The molecule has 2 aromatic rings. The van der Waals surface area contributed by atoms with Gasteiger partial charge in [-0.25, -0.2) is 13.6 Å². The Morgan fingerprint density at radius 2 is 1.58 bits per heavy atom. The van der Waals surface area contributed by atoms with Crippen molar-refractivity contribution in [2.24, 2.45) is 5.14 Å². The zero-order valence-corrected chi connectivity index (χ0v) is 14.1. The molecule has 0 radical (unpaired) electrons. The molecule has 0 bridgehead atoms. The van der Waals surface area contributed by atoms with Gasteiger partial charge >= 0.3 is 0 Å². The van der Waals surface area contributed by atoms with Gasteiger partial charge in [0, 0.05) is 13.1 Å². The molecule has 1 fully saturated rings. The number of carbonyl (C=O) groups excluding carboxylic acids is 1. The molecular formula is C18H20N2O3S. The second kappa shape index (κ2) is 6.75. The first-order valence-corrected chi connectivity index (χ1v) is 9.53. The van der Waals surface area contributed by atoms with Gasteiger partial charge in [-0.05, 0) is 36.5 Å². The van der Waals surface area contributed by atoms with Crippen LogP contribution in [-0.2, 0) is 10.0 Å². The molecule has 3 rings (SSSR count). The number of nitrogens with zero attached hydrogens (tertiary/aromatic N) is 1. The summed E-state index contributed by atoms with van der Waals surface area (Å²) in [5.41, 5.74) is 1.56. The second-order valence-corrected chi connectivity index (χ2v) is 7.47. The summed E-state index contributed by atoms with van der Waals surface area (Å²) in [4.78, 5) is 14.7. The van der Waals surface area contributed by atoms with Crippen LogP contribution in [0.4, 0.5) is 0 Å². The van der Waals surface area contributed by atoms with E-state index in [-0.39, 0.29) is 16.4 Å². The maximum atomic E-state index is 13.1. The van der Waals surface area contributed by atoms with Gasteiger partial charge in [0.05, 0.1) is 10.5 Å². The van der Waals surface area contributed by atoms with Crippen molar-refractivity contribution < 1.29 is 13.2 Å². The van der Waals surface area contributed by atoms with Crippen molar-refractivity contribution in [1.82, 2.24) is 4.90 Å². The third-order valence-corrected chi connectivity index (χ3v) is 5.23. The summed E-state index contributed by atoms with van der Waals surface area (Å²) in [6, 6.07) is 14.1. The SMILES string of the molecule is NS(=O)(=O)c1cccc(-c2ccccc2)c1C(=O)N1CCCCC1. The molecule has 2 aromatic carbocycles. The Morgan fingerprint density at radius 3 is 2.21 bits per heavy atom. The number of nitrogens with two attached hydrogens (primary N) is 1. The summed E-state index contributed by atoms with van der Waals surface area (Å²) in [6.07, 6.45) is 2.96. The highest BCUT2D eigenvalue weighted by atomic mass is 32.2. The molecule has 0 saturated carbocycles. The van der Waals surface area contributed by atoms with Crippen molar-refractivity contribution in [1.29, 1.82) is 0 Å². The number of primary sulfonamides is 1. The van der Waals surface area contributed by atoms with E-state index in [1.807, 2.05) is 30.3 Å². The van der Waals surface area contributed by atoms with Crippen LogP contribution < -0.4 is 5.14 Å². The first kappa shape index (κ1) is 16.7. The minimum atomic E-state index is -4.00. The third-order valence-electron chi connectivity index (χ3n) is 4.27. The molecule has 1 amide bonds. The van der Waals surface area contributed by atoms with E-state index in [1.54, 1.807) is 17.0 Å². The number of benzene rings is 2. The van der Waals surface area contributed by atoms with Gasteiger partial charge in [0.25, 0.3) is 5.91 Å². The molecule has 0 aromatic heterocycles. The van der Waals surface area contributed by atoms with Crippen LogP contribution in [0.5, 0.6) is 0 Å². The summed E-state index contributed by atoms with van der Waals surface area (Å²) in [5.74, 6) is -0.266. The van der Waals surface area contributed by atoms with E-state index in [9.17, 15) is 13.2 Å². The Bertz CT molecular complexity index is 842. The normalized spacial score (nSPS) is 15.3. The van der Waals surface area contributed by atoms with Crippen LogP contribution >= 0.6 is 0 Å². The van der Waals surface area contributed by atoms with Crippen LogP contribution in [0.25, 0.3) is 11.1 Å². The lowest BCUT2D eigenvalue weighted by atomic mass is 9.98. The molecule has 1 heterocycles. The van der Waals surface area contributed by atoms with Crippen LogP contribution in [0, 0.1) is 0 Å². The number of carbonyl (C=O) groups is 1. The smallest absolute Gasteiger partial charge is 0.255 e. The summed E-state index contributed by atoms with van der Waals surface area (Å²) in [6.45, 7) is 1.29. The number of rotatable bonds is 3. The minimum Gasteiger partial charge on any atom is -0.339 e. The van der Waals surface area contributed by atoms with Crippen molar-refractivity contribution in [2.45, 2.75) is 24.2 Å². The molecular weight excluding hydrogens is 324 g/mol. The average Bonchev–Trinajstić information content (AvgIpc) is 2.61. The number of hydrogen-bond acceptors (Lipinski definition) is 3. The Labute approximate surface area is 142 Å². The lowest BCUT2D eigenvalue weighted by Gasteiger charge is -2.28. The van der Waals surface area contributed by atoms with Crippen LogP contribution in [0.2, 0.25) is 0 Å². The van der Waals surface area contributed by atoms with Crippen molar-refractivity contribution in [2.75, 3.05) is 13.1 Å². The van der Waals surface area contributed by atoms with Gasteiger partial charge in [0.1, 0.15) is 0 Å². The minimum absolute atomic E-state index is 0.112. The molecule has 1 saturated heterocycles. The summed E-state index contributed by atoms with van der Waals surface area (Å²) in [7, 11) is -4.00. The topological polar surface area (TPSA) is 80.5 Å². The first-order valence-electron chi connectivity index (χ1n) is 7.99. The van der Waals surface area contributed by atoms with Crippen LogP contribution in [0.1, 0.15) is 29.6 Å². The molecule has 6 heteroatoms. The third kappa shape index (κ3) is 3.34. The van der Waals surface area contributed by atoms with Crippen molar-refractivity contribution >= 4 is 15.9 Å². The van der Waals surface area contributed by atoms with Gasteiger partial charge in [-0.1, -0.05) is 42.5 Å². The first-order chi connectivity index (χ1) is 11.5. The fourth-order valence-corrected chi connectivity index (χ4v) is 3.85. The van der Waals surface area contributed by atoms with Crippen LogP contribution in [0.15, 0.2) is 53.4 Å². The summed E-state index contributed by atoms with van der Waals surface area (Å²) in [5, 5.41) is 5.37. The number of amides is 1. The predicted octanol–water partition coefficient (Wildman–Crippen LogP) is 2.63. The van der Waals surface area contributed by atoms with E-state index < -0.39 is 10.0 Å². The number of likely N-dealkylation sites (tertiary alicyclic amines) is 1. The molecule has 24 heavy (non-hydrogen) atoms. The Kier molecular flexibility index (Phi) is 4.69. The van der Waals surface area contributed by atoms with Gasteiger partial charge in [-0.15, -0.1) is 0 Å². The molecule has 126 valence electrons. The summed E-state index contributed by atoms with van der Waals surface area (Å²) >= 11 is 0. The molecule has 0 spiro atoms. The highest BCUT2D eigenvalue weighted by Crippen LogP contribution is 2.30. The highest BCUT2D eigenvalue weighted by Gasteiger charge is 2.27. The van der Waals surface area contributed by atoms with Gasteiger partial charge in [0.2, 0.25) is 10.0 Å². The molecule has 5 nitrogen and oxygen atoms in total. The molecule has 0 aliphatic carbocycles. The number of sulfonamides is 1. The zero-order valence-electron chi connectivity index (χ0n) is 13.3. The van der Waals surface area contributed by atoms with Gasteiger partial charge < -0.3 is 4.90 Å².